The fraction of sp³-hybridized carbons (Fsp3) is 0.314. The van der Waals surface area contributed by atoms with E-state index in [-0.39, 0.29) is 29.6 Å². The van der Waals surface area contributed by atoms with Gasteiger partial charge in [0.25, 0.3) is 0 Å². The van der Waals surface area contributed by atoms with E-state index in [9.17, 15) is 19.7 Å². The van der Waals surface area contributed by atoms with Gasteiger partial charge in [0.2, 0.25) is 11.8 Å². The van der Waals surface area contributed by atoms with E-state index in [0.29, 0.717) is 31.3 Å². The standard InChI is InChI=1S/C35H36BBrN2O5/c1-3-22-19-28-33(35(42)39(34(28)41)27-13-11-26(12-14-27)38-25-7-5-4-6-8-25)29-20-36(43)44-31(32(22)29)16-9-21(2)17-23-18-24(37)10-15-30(23)40/h4-8,10-15,17-18,28-29,31,33,38,40,43H,3,9,16,19-20H2,1-2H3/b21-17+/t28-,29+,31-,33-/m1/s1. The second kappa shape index (κ2) is 12.8. The number of aromatic hydroxyl groups is 1. The van der Waals surface area contributed by atoms with E-state index < -0.39 is 19.0 Å². The van der Waals surface area contributed by atoms with Gasteiger partial charge in [-0.05, 0) is 105 Å². The molecule has 4 atom stereocenters. The van der Waals surface area contributed by atoms with E-state index >= 15 is 0 Å². The lowest BCUT2D eigenvalue weighted by molar-refractivity contribution is -0.122. The summed E-state index contributed by atoms with van der Waals surface area (Å²) in [5, 5.41) is 24.4. The van der Waals surface area contributed by atoms with E-state index in [0.717, 1.165) is 44.6 Å². The van der Waals surface area contributed by atoms with Crippen LogP contribution in [0.25, 0.3) is 6.08 Å². The number of carbonyl (C=O) groups is 2. The number of carbonyl (C=O) groups excluding carboxylic acids is 2. The number of amides is 2. The molecule has 2 aliphatic heterocycles. The number of para-hydroxylation sites is 1. The Kier molecular flexibility index (Phi) is 8.81. The monoisotopic (exact) mass is 654 g/mol. The Hall–Kier alpha value is -3.66. The number of hydrogen-bond donors (Lipinski definition) is 3. The van der Waals surface area contributed by atoms with Crippen LogP contribution in [0.4, 0.5) is 17.1 Å². The van der Waals surface area contributed by atoms with Gasteiger partial charge >= 0.3 is 7.12 Å². The lowest BCUT2D eigenvalue weighted by Gasteiger charge is -2.43. The molecule has 3 aliphatic rings. The average molecular weight is 655 g/mol. The Morgan fingerprint density at radius 1 is 1.05 bits per heavy atom. The van der Waals surface area contributed by atoms with Gasteiger partial charge in [-0.3, -0.25) is 14.5 Å². The lowest BCUT2D eigenvalue weighted by atomic mass is 9.58. The number of rotatable bonds is 8. The first-order chi connectivity index (χ1) is 21.2. The third kappa shape index (κ3) is 6.01. The largest absolute Gasteiger partial charge is 0.507 e. The number of halogens is 1. The van der Waals surface area contributed by atoms with Crippen LogP contribution in [0.5, 0.6) is 5.75 Å². The van der Waals surface area contributed by atoms with Crippen LogP contribution in [0.1, 0.15) is 45.1 Å². The predicted octanol–water partition coefficient (Wildman–Crippen LogP) is 7.49. The zero-order valence-electron chi connectivity index (χ0n) is 24.9. The number of hydrogen-bond acceptors (Lipinski definition) is 6. The van der Waals surface area contributed by atoms with Crippen molar-refractivity contribution in [2.24, 2.45) is 17.8 Å². The molecule has 0 saturated carbocycles. The van der Waals surface area contributed by atoms with Crippen LogP contribution in [0.3, 0.4) is 0 Å². The van der Waals surface area contributed by atoms with Crippen molar-refractivity contribution in [3.63, 3.8) is 0 Å². The molecule has 3 N–H and O–H groups in total. The van der Waals surface area contributed by atoms with Crippen molar-refractivity contribution in [2.45, 2.75) is 52.0 Å². The van der Waals surface area contributed by atoms with Gasteiger partial charge in [0.15, 0.2) is 0 Å². The molecule has 7 nitrogen and oxygen atoms in total. The van der Waals surface area contributed by atoms with E-state index in [2.05, 4.69) is 28.2 Å². The number of anilines is 3. The molecule has 2 saturated heterocycles. The normalized spacial score (nSPS) is 23.6. The predicted molar refractivity (Wildman–Crippen MR) is 177 cm³/mol. The van der Waals surface area contributed by atoms with Gasteiger partial charge in [-0.25, -0.2) is 0 Å². The van der Waals surface area contributed by atoms with Crippen LogP contribution < -0.4 is 10.2 Å². The van der Waals surface area contributed by atoms with Crippen molar-refractivity contribution >= 4 is 58.0 Å². The molecule has 6 rings (SSSR count). The van der Waals surface area contributed by atoms with E-state index in [4.69, 9.17) is 4.65 Å². The Morgan fingerprint density at radius 2 is 1.77 bits per heavy atom. The molecule has 2 amide bonds. The Bertz CT molecular complexity index is 1620. The van der Waals surface area contributed by atoms with Crippen molar-refractivity contribution < 1.29 is 24.4 Å². The van der Waals surface area contributed by atoms with Crippen LogP contribution in [0.2, 0.25) is 6.32 Å². The summed E-state index contributed by atoms with van der Waals surface area (Å²) in [4.78, 5) is 29.2. The molecule has 3 aromatic rings. The van der Waals surface area contributed by atoms with Crippen molar-refractivity contribution in [3.05, 3.63) is 99.6 Å². The van der Waals surface area contributed by atoms with Crippen molar-refractivity contribution in [1.82, 2.24) is 0 Å². The third-order valence-corrected chi connectivity index (χ3v) is 9.61. The first-order valence-electron chi connectivity index (χ1n) is 15.2. The number of benzene rings is 3. The van der Waals surface area contributed by atoms with Crippen LogP contribution in [0, 0.1) is 17.8 Å². The summed E-state index contributed by atoms with van der Waals surface area (Å²) in [5.41, 5.74) is 6.42. The summed E-state index contributed by atoms with van der Waals surface area (Å²) in [6.45, 7) is 4.10. The molecule has 0 bridgehead atoms. The lowest BCUT2D eigenvalue weighted by Crippen LogP contribution is -2.46. The maximum atomic E-state index is 14.0. The molecule has 9 heteroatoms. The zero-order valence-corrected chi connectivity index (χ0v) is 26.5. The van der Waals surface area contributed by atoms with Crippen molar-refractivity contribution in [1.29, 1.82) is 0 Å². The fourth-order valence-corrected chi connectivity index (χ4v) is 7.46. The number of fused-ring (bicyclic) bond motifs is 3. The summed E-state index contributed by atoms with van der Waals surface area (Å²) in [6.07, 6.45) is 4.51. The van der Waals surface area contributed by atoms with Gasteiger partial charge in [0.05, 0.1) is 23.6 Å². The molecule has 1 aliphatic carbocycles. The number of phenolic OH excluding ortho intramolecular Hbond substituents is 1. The Balaban J connectivity index is 1.22. The number of nitrogens with one attached hydrogen (secondary N) is 1. The summed E-state index contributed by atoms with van der Waals surface area (Å²) in [6, 6.07) is 22.5. The first kappa shape index (κ1) is 30.4. The SMILES string of the molecule is CCC1=C2[C@@H](CC/C(C)=C/c3cc(Br)ccc3O)OB(O)C[C@@H]2[C@@H]2C(=O)N(c3ccc(Nc4ccccc4)cc3)C(=O)[C@@H]2C1. The first-order valence-corrected chi connectivity index (χ1v) is 16.0. The minimum atomic E-state index is -1.01. The Labute approximate surface area is 266 Å². The summed E-state index contributed by atoms with van der Waals surface area (Å²) < 4.78 is 7.00. The number of phenols is 1. The molecule has 44 heavy (non-hydrogen) atoms. The molecule has 0 unspecified atom stereocenters. The minimum Gasteiger partial charge on any atom is -0.507 e. The number of allylic oxidation sites excluding steroid dienone is 2. The highest BCUT2D eigenvalue weighted by atomic mass is 79.9. The van der Waals surface area contributed by atoms with Gasteiger partial charge in [0.1, 0.15) is 5.75 Å². The molecule has 0 aromatic heterocycles. The second-order valence-electron chi connectivity index (χ2n) is 12.0. The fourth-order valence-electron chi connectivity index (χ4n) is 7.08. The summed E-state index contributed by atoms with van der Waals surface area (Å²) in [5.74, 6) is -1.38. The molecule has 226 valence electrons. The second-order valence-corrected chi connectivity index (χ2v) is 12.9. The number of nitrogens with zero attached hydrogens (tertiary/aromatic N) is 1. The van der Waals surface area contributed by atoms with Gasteiger partial charge < -0.3 is 20.1 Å². The smallest absolute Gasteiger partial charge is 0.455 e. The minimum absolute atomic E-state index is 0.168. The maximum Gasteiger partial charge on any atom is 0.455 e. The highest BCUT2D eigenvalue weighted by molar-refractivity contribution is 9.10. The zero-order chi connectivity index (χ0) is 31.0. The quantitative estimate of drug-likeness (QED) is 0.132. The van der Waals surface area contributed by atoms with Gasteiger partial charge in [-0.2, -0.15) is 0 Å². The van der Waals surface area contributed by atoms with Gasteiger partial charge in [-0.1, -0.05) is 58.3 Å². The van der Waals surface area contributed by atoms with Gasteiger partial charge in [0, 0.05) is 21.4 Å². The maximum absolute atomic E-state index is 14.0. The van der Waals surface area contributed by atoms with Crippen molar-refractivity contribution in [3.8, 4) is 5.75 Å². The summed E-state index contributed by atoms with van der Waals surface area (Å²) >= 11 is 3.46. The highest BCUT2D eigenvalue weighted by Gasteiger charge is 2.57. The molecule has 2 heterocycles. The molecule has 3 aromatic carbocycles. The van der Waals surface area contributed by atoms with E-state index in [1.54, 1.807) is 12.1 Å². The summed E-state index contributed by atoms with van der Waals surface area (Å²) in [7, 11) is -1.01. The van der Waals surface area contributed by atoms with Crippen LogP contribution in [-0.2, 0) is 14.2 Å². The Morgan fingerprint density at radius 3 is 2.50 bits per heavy atom. The molecule has 0 spiro atoms. The molecule has 2 fully saturated rings. The van der Waals surface area contributed by atoms with Crippen LogP contribution >= 0.6 is 15.9 Å². The van der Waals surface area contributed by atoms with Gasteiger partial charge in [-0.15, -0.1) is 0 Å². The molecule has 0 radical (unpaired) electrons. The number of imide groups is 1. The molecular weight excluding hydrogens is 619 g/mol. The van der Waals surface area contributed by atoms with E-state index in [1.807, 2.05) is 73.7 Å². The topological polar surface area (TPSA) is 99.1 Å². The average Bonchev–Trinajstić information content (AvgIpc) is 3.27. The molecular formula is C35H36BBrN2O5. The highest BCUT2D eigenvalue weighted by Crippen LogP contribution is 2.52. The van der Waals surface area contributed by atoms with E-state index in [1.165, 1.54) is 4.90 Å². The van der Waals surface area contributed by atoms with Crippen molar-refractivity contribution in [2.75, 3.05) is 10.2 Å². The van der Waals surface area contributed by atoms with Crippen LogP contribution in [-0.4, -0.2) is 35.2 Å². The van der Waals surface area contributed by atoms with Crippen LogP contribution in [0.15, 0.2) is 94.0 Å². The third-order valence-electron chi connectivity index (χ3n) is 9.12.